The van der Waals surface area contributed by atoms with Crippen molar-refractivity contribution in [3.63, 3.8) is 0 Å². The zero-order valence-corrected chi connectivity index (χ0v) is 20.3. The lowest BCUT2D eigenvalue weighted by atomic mass is 10.1. The Morgan fingerprint density at radius 2 is 1.72 bits per heavy atom. The molecule has 36 heavy (non-hydrogen) atoms. The van der Waals surface area contributed by atoms with Gasteiger partial charge in [-0.2, -0.15) is 13.2 Å². The Labute approximate surface area is 209 Å². The molecular formula is C25H18F3N3O3S2. The number of nitrogens with one attached hydrogen (secondary N) is 1. The molecular weight excluding hydrogens is 511 g/mol. The first-order chi connectivity index (χ1) is 17.0. The molecule has 0 unspecified atom stereocenters. The van der Waals surface area contributed by atoms with E-state index in [4.69, 9.17) is 0 Å². The van der Waals surface area contributed by atoms with Gasteiger partial charge in [-0.3, -0.25) is 14.5 Å². The molecule has 0 saturated heterocycles. The minimum absolute atomic E-state index is 0.00103. The highest BCUT2D eigenvalue weighted by Gasteiger charge is 2.31. The third kappa shape index (κ3) is 4.59. The van der Waals surface area contributed by atoms with Gasteiger partial charge in [0.1, 0.15) is 0 Å². The number of fused-ring (bicyclic) bond motifs is 1. The van der Waals surface area contributed by atoms with Crippen molar-refractivity contribution in [2.24, 2.45) is 0 Å². The van der Waals surface area contributed by atoms with Crippen LogP contribution in [-0.4, -0.2) is 31.3 Å². The zero-order chi connectivity index (χ0) is 25.7. The van der Waals surface area contributed by atoms with Crippen molar-refractivity contribution in [3.8, 4) is 20.9 Å². The number of carbonyl (C=O) groups excluding carboxylic acids is 1. The lowest BCUT2D eigenvalue weighted by molar-refractivity contribution is -0.137. The van der Waals surface area contributed by atoms with Gasteiger partial charge in [-0.15, -0.1) is 11.3 Å². The molecule has 0 atom stereocenters. The summed E-state index contributed by atoms with van der Waals surface area (Å²) in [4.78, 5) is 19.2. The summed E-state index contributed by atoms with van der Waals surface area (Å²) in [6.45, 7) is 0.554. The number of rotatable bonds is 5. The number of sulfonamides is 1. The van der Waals surface area contributed by atoms with Gasteiger partial charge in [0.15, 0.2) is 0 Å². The summed E-state index contributed by atoms with van der Waals surface area (Å²) in [6, 6.07) is 14.6. The van der Waals surface area contributed by atoms with Crippen LogP contribution in [0, 0.1) is 0 Å². The molecule has 0 bridgehead atoms. The number of pyridine rings is 1. The second kappa shape index (κ2) is 8.75. The van der Waals surface area contributed by atoms with Crippen LogP contribution in [0.4, 0.5) is 18.9 Å². The van der Waals surface area contributed by atoms with Crippen LogP contribution in [0.5, 0.6) is 0 Å². The second-order valence-electron chi connectivity index (χ2n) is 8.29. The predicted octanol–water partition coefficient (Wildman–Crippen LogP) is 5.88. The number of hydrogen-bond donors (Lipinski definition) is 1. The summed E-state index contributed by atoms with van der Waals surface area (Å²) in [5.41, 5.74) is 2.34. The predicted molar refractivity (Wildman–Crippen MR) is 131 cm³/mol. The smallest absolute Gasteiger partial charge is 0.337 e. The van der Waals surface area contributed by atoms with E-state index in [1.165, 1.54) is 17.5 Å². The fraction of sp³-hybridized carbons (Fsp3) is 0.120. The topological polar surface area (TPSA) is 79.4 Å². The summed E-state index contributed by atoms with van der Waals surface area (Å²) in [5.74, 6) is -0.00103. The number of halogens is 3. The van der Waals surface area contributed by atoms with Gasteiger partial charge in [-0.25, -0.2) is 8.42 Å². The van der Waals surface area contributed by atoms with Crippen molar-refractivity contribution in [3.05, 3.63) is 89.7 Å². The number of hydrogen-bond acceptors (Lipinski definition) is 5. The maximum atomic E-state index is 13.0. The van der Waals surface area contributed by atoms with Gasteiger partial charge in [-0.1, -0.05) is 12.1 Å². The highest BCUT2D eigenvalue weighted by atomic mass is 32.2. The Morgan fingerprint density at radius 1 is 0.972 bits per heavy atom. The monoisotopic (exact) mass is 529 g/mol. The van der Waals surface area contributed by atoms with Gasteiger partial charge >= 0.3 is 6.18 Å². The molecule has 5 rings (SSSR count). The molecule has 1 aliphatic heterocycles. The van der Waals surface area contributed by atoms with E-state index in [0.717, 1.165) is 39.1 Å². The second-order valence-corrected chi connectivity index (χ2v) is 11.1. The molecule has 4 aromatic rings. The lowest BCUT2D eigenvalue weighted by Gasteiger charge is -2.11. The SMILES string of the molecule is CN1Cc2cc(-c3ccc(-c4cncc(NS(=O)(=O)c5cccc(C(F)(F)F)c5)c4)s3)ccc2C1=O. The van der Waals surface area contributed by atoms with E-state index in [1.807, 2.05) is 30.3 Å². The maximum Gasteiger partial charge on any atom is 0.416 e. The first-order valence-corrected chi connectivity index (χ1v) is 13.0. The fourth-order valence-electron chi connectivity index (χ4n) is 3.95. The van der Waals surface area contributed by atoms with Crippen molar-refractivity contribution in [2.45, 2.75) is 17.6 Å². The lowest BCUT2D eigenvalue weighted by Crippen LogP contribution is -2.17. The number of alkyl halides is 3. The number of amides is 1. The van der Waals surface area contributed by atoms with Crippen LogP contribution in [0.2, 0.25) is 0 Å². The largest absolute Gasteiger partial charge is 0.416 e. The highest BCUT2D eigenvalue weighted by molar-refractivity contribution is 7.92. The van der Waals surface area contributed by atoms with Crippen LogP contribution < -0.4 is 4.72 Å². The van der Waals surface area contributed by atoms with Crippen LogP contribution in [0.3, 0.4) is 0 Å². The Kier molecular flexibility index (Phi) is 5.84. The van der Waals surface area contributed by atoms with E-state index in [9.17, 15) is 26.4 Å². The van der Waals surface area contributed by atoms with Crippen molar-refractivity contribution >= 4 is 33.0 Å². The molecule has 0 saturated carbocycles. The van der Waals surface area contributed by atoms with Gasteiger partial charge in [-0.05, 0) is 59.7 Å². The van der Waals surface area contributed by atoms with E-state index >= 15 is 0 Å². The summed E-state index contributed by atoms with van der Waals surface area (Å²) >= 11 is 1.47. The van der Waals surface area contributed by atoms with Gasteiger partial charge in [0.2, 0.25) is 0 Å². The molecule has 1 N–H and O–H groups in total. The molecule has 0 spiro atoms. The van der Waals surface area contributed by atoms with Crippen molar-refractivity contribution in [1.82, 2.24) is 9.88 Å². The normalized spacial score (nSPS) is 13.7. The molecule has 1 aliphatic rings. The van der Waals surface area contributed by atoms with Gasteiger partial charge in [0, 0.05) is 40.7 Å². The van der Waals surface area contributed by atoms with Crippen LogP contribution in [0.1, 0.15) is 21.5 Å². The molecule has 0 radical (unpaired) electrons. The van der Waals surface area contributed by atoms with Gasteiger partial charge in [0.25, 0.3) is 15.9 Å². The van der Waals surface area contributed by atoms with Crippen LogP contribution in [-0.2, 0) is 22.7 Å². The van der Waals surface area contributed by atoms with E-state index in [0.29, 0.717) is 23.7 Å². The first kappa shape index (κ1) is 24.0. The van der Waals surface area contributed by atoms with E-state index in [-0.39, 0.29) is 11.6 Å². The molecule has 184 valence electrons. The highest BCUT2D eigenvalue weighted by Crippen LogP contribution is 2.37. The molecule has 6 nitrogen and oxygen atoms in total. The Balaban J connectivity index is 1.39. The fourth-order valence-corrected chi connectivity index (χ4v) is 6.01. The number of anilines is 1. The van der Waals surface area contributed by atoms with Gasteiger partial charge in [0.05, 0.1) is 22.3 Å². The first-order valence-electron chi connectivity index (χ1n) is 10.7. The molecule has 2 aromatic heterocycles. The standard InChI is InChI=1S/C25H18F3N3O3S2/c1-31-14-17-9-15(5-6-21(17)24(31)32)22-7-8-23(35-22)16-10-19(13-29-12-16)30-36(33,34)20-4-2-3-18(11-20)25(26,27)28/h2-13,30H,14H2,1H3. The number of aromatic nitrogens is 1. The Bertz CT molecular complexity index is 1600. The summed E-state index contributed by atoms with van der Waals surface area (Å²) in [6.07, 6.45) is -1.79. The average Bonchev–Trinajstić information content (AvgIpc) is 3.43. The molecule has 11 heteroatoms. The molecule has 0 aliphatic carbocycles. The maximum absolute atomic E-state index is 13.0. The molecule has 0 fully saturated rings. The number of carbonyl (C=O) groups is 1. The molecule has 3 heterocycles. The van der Waals surface area contributed by atoms with Crippen LogP contribution >= 0.6 is 11.3 Å². The number of thiophene rings is 1. The van der Waals surface area contributed by atoms with E-state index in [2.05, 4.69) is 9.71 Å². The Morgan fingerprint density at radius 3 is 2.47 bits per heavy atom. The molecule has 2 aromatic carbocycles. The number of benzene rings is 2. The zero-order valence-electron chi connectivity index (χ0n) is 18.7. The minimum Gasteiger partial charge on any atom is -0.337 e. The van der Waals surface area contributed by atoms with Gasteiger partial charge < -0.3 is 4.90 Å². The number of nitrogens with zero attached hydrogens (tertiary/aromatic N) is 2. The summed E-state index contributed by atoms with van der Waals surface area (Å²) in [7, 11) is -2.51. The minimum atomic E-state index is -4.66. The van der Waals surface area contributed by atoms with Crippen molar-refractivity contribution in [1.29, 1.82) is 0 Å². The quantitative estimate of drug-likeness (QED) is 0.350. The van der Waals surface area contributed by atoms with Crippen LogP contribution in [0.15, 0.2) is 78.0 Å². The molecule has 1 amide bonds. The third-order valence-corrected chi connectivity index (χ3v) is 8.29. The van der Waals surface area contributed by atoms with Crippen LogP contribution in [0.25, 0.3) is 20.9 Å². The van der Waals surface area contributed by atoms with E-state index in [1.54, 1.807) is 24.2 Å². The third-order valence-electron chi connectivity index (χ3n) is 5.73. The van der Waals surface area contributed by atoms with E-state index < -0.39 is 26.7 Å². The van der Waals surface area contributed by atoms with Crippen molar-refractivity contribution < 1.29 is 26.4 Å². The average molecular weight is 530 g/mol. The summed E-state index contributed by atoms with van der Waals surface area (Å²) in [5, 5.41) is 0. The summed E-state index contributed by atoms with van der Waals surface area (Å²) < 4.78 is 66.8. The van der Waals surface area contributed by atoms with Crippen molar-refractivity contribution in [2.75, 3.05) is 11.8 Å². The Hall–Kier alpha value is -3.70.